The molecule has 1 aromatic rings. The fourth-order valence-electron chi connectivity index (χ4n) is 1.39. The zero-order valence-corrected chi connectivity index (χ0v) is 11.7. The average molecular weight is 232 g/mol. The van der Waals surface area contributed by atoms with E-state index in [1.54, 1.807) is 0 Å². The van der Waals surface area contributed by atoms with Crippen LogP contribution in [0.2, 0.25) is 0 Å². The van der Waals surface area contributed by atoms with E-state index in [-0.39, 0.29) is 5.41 Å². The number of nitrogens with zero attached hydrogens (tertiary/aromatic N) is 1. The van der Waals surface area contributed by atoms with Crippen molar-refractivity contribution in [3.63, 3.8) is 0 Å². The van der Waals surface area contributed by atoms with Gasteiger partial charge in [-0.05, 0) is 17.0 Å². The number of allylic oxidation sites excluding steroid dienone is 1. The van der Waals surface area contributed by atoms with Crippen molar-refractivity contribution in [2.75, 3.05) is 0 Å². The first-order valence-electron chi connectivity index (χ1n) is 6.18. The maximum absolute atomic E-state index is 4.28. The van der Waals surface area contributed by atoms with Crippen LogP contribution < -0.4 is 5.32 Å². The first-order chi connectivity index (χ1) is 7.80. The predicted molar refractivity (Wildman–Crippen MR) is 73.8 cm³/mol. The summed E-state index contributed by atoms with van der Waals surface area (Å²) in [4.78, 5) is 4.28. The van der Waals surface area contributed by atoms with E-state index in [0.717, 1.165) is 12.2 Å². The fourth-order valence-corrected chi connectivity index (χ4v) is 1.39. The molecule has 17 heavy (non-hydrogen) atoms. The average Bonchev–Trinajstić information content (AvgIpc) is 2.25. The molecule has 0 spiro atoms. The van der Waals surface area contributed by atoms with Crippen molar-refractivity contribution in [1.82, 2.24) is 10.3 Å². The lowest BCUT2D eigenvalue weighted by molar-refractivity contribution is 0.461. The monoisotopic (exact) mass is 232 g/mol. The predicted octanol–water partition coefficient (Wildman–Crippen LogP) is 3.85. The number of hydrogen-bond donors (Lipinski definition) is 1. The molecule has 2 nitrogen and oxygen atoms in total. The molecule has 0 unspecified atom stereocenters. The molecule has 1 N–H and O–H groups in total. The van der Waals surface area contributed by atoms with Gasteiger partial charge in [-0.1, -0.05) is 47.3 Å². The molecule has 1 rings (SSSR count). The van der Waals surface area contributed by atoms with Crippen LogP contribution >= 0.6 is 0 Å². The summed E-state index contributed by atoms with van der Waals surface area (Å²) in [7, 11) is 0. The normalized spacial score (nSPS) is 11.6. The van der Waals surface area contributed by atoms with E-state index >= 15 is 0 Å². The van der Waals surface area contributed by atoms with Gasteiger partial charge in [-0.25, -0.2) is 0 Å². The van der Waals surface area contributed by atoms with Crippen LogP contribution in [0, 0.1) is 5.41 Å². The van der Waals surface area contributed by atoms with Gasteiger partial charge in [0.1, 0.15) is 0 Å². The Hall–Kier alpha value is -1.31. The number of aromatic nitrogens is 1. The molecule has 0 bridgehead atoms. The van der Waals surface area contributed by atoms with Gasteiger partial charge in [0.05, 0.1) is 0 Å². The summed E-state index contributed by atoms with van der Waals surface area (Å²) in [6.45, 7) is 15.7. The van der Waals surface area contributed by atoms with Crippen LogP contribution in [0.4, 0.5) is 0 Å². The van der Waals surface area contributed by atoms with Crippen molar-refractivity contribution in [2.45, 2.75) is 47.1 Å². The van der Waals surface area contributed by atoms with E-state index in [1.807, 2.05) is 12.4 Å². The molecule has 94 valence electrons. The zero-order valence-electron chi connectivity index (χ0n) is 11.7. The number of hydrogen-bond acceptors (Lipinski definition) is 2. The highest BCUT2D eigenvalue weighted by Crippen LogP contribution is 2.21. The van der Waals surface area contributed by atoms with E-state index < -0.39 is 0 Å². The van der Waals surface area contributed by atoms with Crippen LogP contribution in [0.1, 0.15) is 51.7 Å². The number of rotatable bonds is 4. The Morgan fingerprint density at radius 3 is 2.53 bits per heavy atom. The van der Waals surface area contributed by atoms with Gasteiger partial charge < -0.3 is 5.32 Å². The van der Waals surface area contributed by atoms with Gasteiger partial charge in [0.15, 0.2) is 0 Å². The van der Waals surface area contributed by atoms with E-state index in [1.165, 1.54) is 11.1 Å². The lowest BCUT2D eigenvalue weighted by Crippen LogP contribution is -2.23. The Labute approximate surface area is 105 Å². The highest BCUT2D eigenvalue weighted by Gasteiger charge is 2.14. The molecule has 0 radical (unpaired) electrons. The third kappa shape index (κ3) is 4.22. The molecule has 0 amide bonds. The summed E-state index contributed by atoms with van der Waals surface area (Å²) in [6.07, 6.45) is 3.85. The third-order valence-electron chi connectivity index (χ3n) is 2.89. The Morgan fingerprint density at radius 1 is 1.35 bits per heavy atom. The highest BCUT2D eigenvalue weighted by molar-refractivity contribution is 5.21. The summed E-state index contributed by atoms with van der Waals surface area (Å²) in [5, 5.41) is 3.37. The van der Waals surface area contributed by atoms with Crippen LogP contribution in [0.25, 0.3) is 0 Å². The first-order valence-corrected chi connectivity index (χ1v) is 6.18. The Kier molecular flexibility index (Phi) is 4.33. The molecule has 0 saturated carbocycles. The highest BCUT2D eigenvalue weighted by atomic mass is 14.9. The minimum Gasteiger partial charge on any atom is -0.384 e. The van der Waals surface area contributed by atoms with Crippen LogP contribution in [-0.4, -0.2) is 4.98 Å². The molecule has 0 aliphatic rings. The molecule has 0 atom stereocenters. The number of nitrogens with one attached hydrogen (secondary N) is 1. The van der Waals surface area contributed by atoms with E-state index in [2.05, 4.69) is 57.6 Å². The van der Waals surface area contributed by atoms with Crippen molar-refractivity contribution in [1.29, 1.82) is 0 Å². The van der Waals surface area contributed by atoms with Gasteiger partial charge in [0, 0.05) is 30.1 Å². The van der Waals surface area contributed by atoms with Crippen LogP contribution in [0.15, 0.2) is 30.7 Å². The van der Waals surface area contributed by atoms with Gasteiger partial charge >= 0.3 is 0 Å². The molecule has 1 aromatic heterocycles. The second-order valence-electron chi connectivity index (χ2n) is 5.86. The molecular weight excluding hydrogens is 208 g/mol. The third-order valence-corrected chi connectivity index (χ3v) is 2.89. The molecule has 0 aromatic carbocycles. The standard InChI is InChI=1S/C15H24N2/c1-11(2)14-7-13(8-16-10-14)9-17-12(3)15(4,5)6/h7-8,10-11,17H,3,9H2,1-2,4-6H3. The Balaban J connectivity index is 2.64. The van der Waals surface area contributed by atoms with E-state index in [9.17, 15) is 0 Å². The quantitative estimate of drug-likeness (QED) is 0.852. The minimum absolute atomic E-state index is 0.100. The van der Waals surface area contributed by atoms with Gasteiger partial charge in [-0.3, -0.25) is 4.98 Å². The molecule has 0 saturated heterocycles. The maximum Gasteiger partial charge on any atom is 0.0413 e. The van der Waals surface area contributed by atoms with Gasteiger partial charge in [0.2, 0.25) is 0 Å². The van der Waals surface area contributed by atoms with Crippen LogP contribution in [-0.2, 0) is 6.54 Å². The fraction of sp³-hybridized carbons (Fsp3) is 0.533. The lowest BCUT2D eigenvalue weighted by Gasteiger charge is -2.23. The topological polar surface area (TPSA) is 24.9 Å². The maximum atomic E-state index is 4.28. The Bertz CT molecular complexity index is 386. The van der Waals surface area contributed by atoms with Gasteiger partial charge in [-0.15, -0.1) is 0 Å². The van der Waals surface area contributed by atoms with Crippen molar-refractivity contribution in [2.24, 2.45) is 5.41 Å². The second-order valence-corrected chi connectivity index (χ2v) is 5.86. The molecule has 1 heterocycles. The van der Waals surface area contributed by atoms with Crippen molar-refractivity contribution < 1.29 is 0 Å². The Morgan fingerprint density at radius 2 is 2.00 bits per heavy atom. The molecular formula is C15H24N2. The number of pyridine rings is 1. The summed E-state index contributed by atoms with van der Waals surface area (Å²) in [6, 6.07) is 2.21. The zero-order chi connectivity index (χ0) is 13.1. The SMILES string of the molecule is C=C(NCc1cncc(C(C)C)c1)C(C)(C)C. The largest absolute Gasteiger partial charge is 0.384 e. The second kappa shape index (κ2) is 5.35. The van der Waals surface area contributed by atoms with Gasteiger partial charge in [0.25, 0.3) is 0 Å². The van der Waals surface area contributed by atoms with E-state index in [0.29, 0.717) is 5.92 Å². The smallest absolute Gasteiger partial charge is 0.0413 e. The van der Waals surface area contributed by atoms with Crippen LogP contribution in [0.5, 0.6) is 0 Å². The molecule has 0 fully saturated rings. The summed E-state index contributed by atoms with van der Waals surface area (Å²) < 4.78 is 0. The van der Waals surface area contributed by atoms with Crippen molar-refractivity contribution >= 4 is 0 Å². The van der Waals surface area contributed by atoms with Crippen LogP contribution in [0.3, 0.4) is 0 Å². The van der Waals surface area contributed by atoms with E-state index in [4.69, 9.17) is 0 Å². The molecule has 0 aliphatic heterocycles. The first kappa shape index (κ1) is 13.8. The summed E-state index contributed by atoms with van der Waals surface area (Å²) in [5.41, 5.74) is 3.66. The molecule has 0 aliphatic carbocycles. The summed E-state index contributed by atoms with van der Waals surface area (Å²) in [5.74, 6) is 0.522. The van der Waals surface area contributed by atoms with Crippen molar-refractivity contribution in [3.8, 4) is 0 Å². The summed E-state index contributed by atoms with van der Waals surface area (Å²) >= 11 is 0. The minimum atomic E-state index is 0.100. The van der Waals surface area contributed by atoms with Gasteiger partial charge in [-0.2, -0.15) is 0 Å². The van der Waals surface area contributed by atoms with Crippen molar-refractivity contribution in [3.05, 3.63) is 41.9 Å². The lowest BCUT2D eigenvalue weighted by atomic mass is 9.93. The molecule has 2 heteroatoms.